The van der Waals surface area contributed by atoms with Crippen LogP contribution in [0.3, 0.4) is 0 Å². The van der Waals surface area contributed by atoms with Crippen molar-refractivity contribution < 1.29 is 18.3 Å². The van der Waals surface area contributed by atoms with Crippen LogP contribution in [-0.2, 0) is 0 Å². The van der Waals surface area contributed by atoms with Crippen LogP contribution in [0.4, 0.5) is 25.0 Å². The summed E-state index contributed by atoms with van der Waals surface area (Å²) in [5.41, 5.74) is 1.17. The fourth-order valence-electron chi connectivity index (χ4n) is 2.77. The first-order chi connectivity index (χ1) is 12.0. The lowest BCUT2D eigenvalue weighted by molar-refractivity contribution is 0.208. The highest BCUT2D eigenvalue weighted by molar-refractivity contribution is 5.89. The van der Waals surface area contributed by atoms with Crippen LogP contribution in [0.25, 0.3) is 0 Å². The summed E-state index contributed by atoms with van der Waals surface area (Å²) in [7, 11) is 1.58. The highest BCUT2D eigenvalue weighted by atomic mass is 19.1. The van der Waals surface area contributed by atoms with Gasteiger partial charge in [0.15, 0.2) is 0 Å². The molecule has 0 radical (unpaired) electrons. The lowest BCUT2D eigenvalue weighted by atomic mass is 10.2. The van der Waals surface area contributed by atoms with Crippen molar-refractivity contribution in [2.24, 2.45) is 0 Å². The number of methoxy groups -OCH3 is 1. The highest BCUT2D eigenvalue weighted by Gasteiger charge is 2.22. The normalized spacial score (nSPS) is 14.4. The molecule has 3 rings (SSSR count). The Morgan fingerprint density at radius 2 is 1.60 bits per heavy atom. The molecular formula is C18H19F2N3O2. The van der Waals surface area contributed by atoms with E-state index in [1.54, 1.807) is 36.3 Å². The average molecular weight is 347 g/mol. The van der Waals surface area contributed by atoms with Crippen LogP contribution in [0, 0.1) is 11.6 Å². The average Bonchev–Trinajstić information content (AvgIpc) is 2.61. The van der Waals surface area contributed by atoms with Crippen LogP contribution in [0.2, 0.25) is 0 Å². The van der Waals surface area contributed by atoms with Gasteiger partial charge in [-0.1, -0.05) is 0 Å². The number of benzene rings is 2. The van der Waals surface area contributed by atoms with Crippen LogP contribution in [0.15, 0.2) is 42.5 Å². The number of hydrogen-bond donors (Lipinski definition) is 1. The molecule has 2 aromatic carbocycles. The van der Waals surface area contributed by atoms with Gasteiger partial charge < -0.3 is 19.9 Å². The molecule has 132 valence electrons. The molecule has 0 aromatic heterocycles. The summed E-state index contributed by atoms with van der Waals surface area (Å²) in [5.74, 6) is -0.488. The lowest BCUT2D eigenvalue weighted by Crippen LogP contribution is -2.50. The summed E-state index contributed by atoms with van der Waals surface area (Å²) in [6, 6.07) is 10.3. The van der Waals surface area contributed by atoms with E-state index in [1.807, 2.05) is 4.90 Å². The van der Waals surface area contributed by atoms with E-state index in [4.69, 9.17) is 4.74 Å². The van der Waals surface area contributed by atoms with Gasteiger partial charge in [-0.2, -0.15) is 0 Å². The maximum atomic E-state index is 13.3. The summed E-state index contributed by atoms with van der Waals surface area (Å²) in [4.78, 5) is 15.9. The first-order valence-electron chi connectivity index (χ1n) is 7.96. The second-order valence-corrected chi connectivity index (χ2v) is 5.76. The number of rotatable bonds is 3. The van der Waals surface area contributed by atoms with E-state index in [9.17, 15) is 13.6 Å². The molecule has 2 aromatic rings. The zero-order valence-corrected chi connectivity index (χ0v) is 13.8. The number of ether oxygens (including phenoxy) is 1. The Hall–Kier alpha value is -2.83. The predicted molar refractivity (Wildman–Crippen MR) is 92.2 cm³/mol. The van der Waals surface area contributed by atoms with Gasteiger partial charge in [0, 0.05) is 43.6 Å². The molecule has 0 saturated carbocycles. The van der Waals surface area contributed by atoms with Gasteiger partial charge in [-0.05, 0) is 36.4 Å². The zero-order valence-electron chi connectivity index (χ0n) is 13.8. The number of carbonyl (C=O) groups is 1. The molecule has 25 heavy (non-hydrogen) atoms. The van der Waals surface area contributed by atoms with E-state index in [0.29, 0.717) is 43.3 Å². The number of halogens is 2. The quantitative estimate of drug-likeness (QED) is 0.926. The number of nitrogens with one attached hydrogen (secondary N) is 1. The van der Waals surface area contributed by atoms with E-state index in [0.717, 1.165) is 6.07 Å². The van der Waals surface area contributed by atoms with Crippen molar-refractivity contribution in [3.05, 3.63) is 54.1 Å². The minimum Gasteiger partial charge on any atom is -0.497 e. The van der Waals surface area contributed by atoms with Crippen LogP contribution in [0.5, 0.6) is 5.75 Å². The lowest BCUT2D eigenvalue weighted by Gasteiger charge is -2.36. The highest BCUT2D eigenvalue weighted by Crippen LogP contribution is 2.20. The van der Waals surface area contributed by atoms with Crippen molar-refractivity contribution in [3.63, 3.8) is 0 Å². The van der Waals surface area contributed by atoms with Crippen LogP contribution in [0.1, 0.15) is 0 Å². The molecule has 0 spiro atoms. The summed E-state index contributed by atoms with van der Waals surface area (Å²) >= 11 is 0. The van der Waals surface area contributed by atoms with E-state index in [-0.39, 0.29) is 6.03 Å². The maximum Gasteiger partial charge on any atom is 0.321 e. The number of amides is 2. The van der Waals surface area contributed by atoms with E-state index in [1.165, 1.54) is 12.1 Å². The minimum absolute atomic E-state index is 0.199. The molecule has 7 heteroatoms. The molecule has 1 saturated heterocycles. The summed E-state index contributed by atoms with van der Waals surface area (Å²) < 4.78 is 31.7. The second-order valence-electron chi connectivity index (χ2n) is 5.76. The molecule has 0 atom stereocenters. The fraction of sp³-hybridized carbons (Fsp3) is 0.278. The number of nitrogens with zero attached hydrogens (tertiary/aromatic N) is 2. The van der Waals surface area contributed by atoms with Crippen molar-refractivity contribution in [3.8, 4) is 5.75 Å². The number of hydrogen-bond acceptors (Lipinski definition) is 3. The van der Waals surface area contributed by atoms with Gasteiger partial charge in [-0.25, -0.2) is 13.6 Å². The topological polar surface area (TPSA) is 44.8 Å². The monoisotopic (exact) mass is 347 g/mol. The molecular weight excluding hydrogens is 328 g/mol. The Morgan fingerprint density at radius 3 is 2.16 bits per heavy atom. The van der Waals surface area contributed by atoms with E-state index >= 15 is 0 Å². The van der Waals surface area contributed by atoms with Gasteiger partial charge in [0.05, 0.1) is 7.11 Å². The van der Waals surface area contributed by atoms with E-state index < -0.39 is 11.6 Å². The number of piperazine rings is 1. The van der Waals surface area contributed by atoms with Gasteiger partial charge >= 0.3 is 6.03 Å². The van der Waals surface area contributed by atoms with Crippen LogP contribution >= 0.6 is 0 Å². The summed E-state index contributed by atoms with van der Waals surface area (Å²) in [5, 5.41) is 2.83. The number of carbonyl (C=O) groups excluding carboxylic acids is 1. The SMILES string of the molecule is COc1ccc(NC(=O)N2CCN(c3cc(F)cc(F)c3)CC2)cc1. The van der Waals surface area contributed by atoms with Gasteiger partial charge in [0.2, 0.25) is 0 Å². The summed E-state index contributed by atoms with van der Waals surface area (Å²) in [6.45, 7) is 1.97. The Bertz CT molecular complexity index is 724. The predicted octanol–water partition coefficient (Wildman–Crippen LogP) is 3.33. The zero-order chi connectivity index (χ0) is 17.8. The first-order valence-corrected chi connectivity index (χ1v) is 7.96. The van der Waals surface area contributed by atoms with Crippen molar-refractivity contribution in [1.82, 2.24) is 4.90 Å². The Labute approximate surface area is 144 Å². The molecule has 1 N–H and O–H groups in total. The third-order valence-corrected chi connectivity index (χ3v) is 4.12. The molecule has 0 aliphatic carbocycles. The Balaban J connectivity index is 1.56. The third kappa shape index (κ3) is 4.17. The molecule has 5 nitrogen and oxygen atoms in total. The van der Waals surface area contributed by atoms with Gasteiger partial charge in [-0.15, -0.1) is 0 Å². The Morgan fingerprint density at radius 1 is 1.00 bits per heavy atom. The van der Waals surface area contributed by atoms with Crippen molar-refractivity contribution >= 4 is 17.4 Å². The van der Waals surface area contributed by atoms with Gasteiger partial charge in [0.25, 0.3) is 0 Å². The maximum absolute atomic E-state index is 13.3. The Kier molecular flexibility index (Phi) is 5.02. The van der Waals surface area contributed by atoms with Crippen molar-refractivity contribution in [2.45, 2.75) is 0 Å². The molecule has 0 bridgehead atoms. The van der Waals surface area contributed by atoms with Crippen LogP contribution in [-0.4, -0.2) is 44.2 Å². The molecule has 1 heterocycles. The fourth-order valence-corrected chi connectivity index (χ4v) is 2.77. The second kappa shape index (κ2) is 7.38. The smallest absolute Gasteiger partial charge is 0.321 e. The van der Waals surface area contributed by atoms with Gasteiger partial charge in [0.1, 0.15) is 17.4 Å². The number of urea groups is 1. The summed E-state index contributed by atoms with van der Waals surface area (Å²) in [6.07, 6.45) is 0. The third-order valence-electron chi connectivity index (χ3n) is 4.12. The number of anilines is 2. The largest absolute Gasteiger partial charge is 0.497 e. The molecule has 1 aliphatic heterocycles. The molecule has 0 unspecified atom stereocenters. The molecule has 2 amide bonds. The standard InChI is InChI=1S/C18H19F2N3O2/c1-25-17-4-2-15(3-5-17)21-18(24)23-8-6-22(7-9-23)16-11-13(19)10-14(20)12-16/h2-5,10-12H,6-9H2,1H3,(H,21,24). The first kappa shape index (κ1) is 17.0. The van der Waals surface area contributed by atoms with Crippen molar-refractivity contribution in [2.75, 3.05) is 43.5 Å². The van der Waals surface area contributed by atoms with Gasteiger partial charge in [-0.3, -0.25) is 0 Å². The van der Waals surface area contributed by atoms with E-state index in [2.05, 4.69) is 5.32 Å². The molecule has 1 fully saturated rings. The molecule has 1 aliphatic rings. The minimum atomic E-state index is -0.602. The van der Waals surface area contributed by atoms with Crippen molar-refractivity contribution in [1.29, 1.82) is 0 Å². The van der Waals surface area contributed by atoms with Crippen LogP contribution < -0.4 is 15.0 Å².